The molecule has 3 N–H and O–H groups in total. The Balaban J connectivity index is 2.48. The second-order valence-electron chi connectivity index (χ2n) is 3.97. The van der Waals surface area contributed by atoms with Gasteiger partial charge in [-0.25, -0.2) is 0 Å². The summed E-state index contributed by atoms with van der Waals surface area (Å²) in [5.41, 5.74) is 6.10. The summed E-state index contributed by atoms with van der Waals surface area (Å²) in [7, 11) is 1.53. The first-order chi connectivity index (χ1) is 8.63. The first-order valence-corrected chi connectivity index (χ1v) is 5.75. The molecule has 0 aromatic heterocycles. The van der Waals surface area contributed by atoms with Crippen molar-refractivity contribution in [2.24, 2.45) is 5.73 Å². The van der Waals surface area contributed by atoms with E-state index in [1.165, 1.54) is 7.11 Å². The van der Waals surface area contributed by atoms with E-state index in [0.717, 1.165) is 5.56 Å². The Morgan fingerprint density at radius 1 is 1.33 bits per heavy atom. The molecule has 1 aromatic rings. The van der Waals surface area contributed by atoms with Crippen LogP contribution in [0.5, 0.6) is 0 Å². The van der Waals surface area contributed by atoms with Gasteiger partial charge in [-0.05, 0) is 12.0 Å². The number of benzene rings is 1. The van der Waals surface area contributed by atoms with E-state index in [1.54, 1.807) is 0 Å². The molecule has 0 fully saturated rings. The molecule has 0 aliphatic carbocycles. The van der Waals surface area contributed by atoms with Gasteiger partial charge in [0.05, 0.1) is 6.42 Å². The van der Waals surface area contributed by atoms with Crippen molar-refractivity contribution in [3.05, 3.63) is 35.9 Å². The van der Waals surface area contributed by atoms with Crippen LogP contribution in [0.2, 0.25) is 0 Å². The molecule has 1 unspecified atom stereocenters. The minimum absolute atomic E-state index is 0.221. The van der Waals surface area contributed by atoms with Crippen molar-refractivity contribution < 1.29 is 14.3 Å². The van der Waals surface area contributed by atoms with E-state index in [2.05, 4.69) is 5.32 Å². The number of primary amides is 1. The van der Waals surface area contributed by atoms with Crippen molar-refractivity contribution in [2.45, 2.75) is 18.9 Å². The maximum Gasteiger partial charge on any atom is 0.240 e. The number of rotatable bonds is 7. The number of hydrogen-bond donors (Lipinski definition) is 2. The lowest BCUT2D eigenvalue weighted by Gasteiger charge is -2.14. The molecule has 0 saturated heterocycles. The Labute approximate surface area is 106 Å². The predicted molar refractivity (Wildman–Crippen MR) is 67.8 cm³/mol. The molecule has 0 saturated carbocycles. The number of ether oxygens (including phenoxy) is 1. The fourth-order valence-electron chi connectivity index (χ4n) is 1.55. The third-order valence-electron chi connectivity index (χ3n) is 2.50. The number of amides is 2. The molecule has 1 aromatic carbocycles. The van der Waals surface area contributed by atoms with E-state index in [9.17, 15) is 9.59 Å². The molecule has 1 atom stereocenters. The lowest BCUT2D eigenvalue weighted by Crippen LogP contribution is -2.45. The van der Waals surface area contributed by atoms with Gasteiger partial charge in [-0.15, -0.1) is 0 Å². The van der Waals surface area contributed by atoms with Crippen LogP contribution in [0, 0.1) is 0 Å². The Bertz CT molecular complexity index is 392. The van der Waals surface area contributed by atoms with Crippen molar-refractivity contribution >= 4 is 11.8 Å². The average molecular weight is 250 g/mol. The summed E-state index contributed by atoms with van der Waals surface area (Å²) < 4.78 is 4.86. The van der Waals surface area contributed by atoms with E-state index in [0.29, 0.717) is 13.0 Å². The number of carbonyl (C=O) groups is 2. The second kappa shape index (κ2) is 7.45. The van der Waals surface area contributed by atoms with Gasteiger partial charge in [0.1, 0.15) is 6.04 Å². The third kappa shape index (κ3) is 4.97. The van der Waals surface area contributed by atoms with E-state index in [4.69, 9.17) is 10.5 Å². The van der Waals surface area contributed by atoms with Crippen LogP contribution in [0.1, 0.15) is 12.0 Å². The second-order valence-corrected chi connectivity index (χ2v) is 3.97. The molecule has 18 heavy (non-hydrogen) atoms. The molecule has 98 valence electrons. The highest BCUT2D eigenvalue weighted by atomic mass is 16.5. The highest BCUT2D eigenvalue weighted by Gasteiger charge is 2.17. The number of carbonyl (C=O) groups excluding carboxylic acids is 2. The van der Waals surface area contributed by atoms with Crippen LogP contribution in [0.25, 0.3) is 0 Å². The predicted octanol–water partition coefficient (Wildman–Crippen LogP) is 0.236. The smallest absolute Gasteiger partial charge is 0.240 e. The van der Waals surface area contributed by atoms with Crippen LogP contribution in [0.3, 0.4) is 0 Å². The largest absolute Gasteiger partial charge is 0.385 e. The summed E-state index contributed by atoms with van der Waals surface area (Å²) in [5, 5.41) is 2.61. The van der Waals surface area contributed by atoms with Gasteiger partial charge in [0.25, 0.3) is 0 Å². The molecule has 0 bridgehead atoms. The minimum atomic E-state index is -0.679. The highest BCUT2D eigenvalue weighted by molar-refractivity contribution is 5.87. The summed E-state index contributed by atoms with van der Waals surface area (Å²) in [5.74, 6) is -0.769. The zero-order valence-electron chi connectivity index (χ0n) is 10.4. The van der Waals surface area contributed by atoms with Gasteiger partial charge in [0.2, 0.25) is 11.8 Å². The van der Waals surface area contributed by atoms with Crippen LogP contribution in [-0.4, -0.2) is 31.6 Å². The summed E-state index contributed by atoms with van der Waals surface area (Å²) in [6, 6.07) is 8.63. The Kier molecular flexibility index (Phi) is 5.87. The van der Waals surface area contributed by atoms with Crippen LogP contribution in [0.15, 0.2) is 30.3 Å². The molecular weight excluding hydrogens is 232 g/mol. The van der Waals surface area contributed by atoms with Crippen molar-refractivity contribution in [3.63, 3.8) is 0 Å². The van der Waals surface area contributed by atoms with Gasteiger partial charge in [-0.3, -0.25) is 9.59 Å². The summed E-state index contributed by atoms with van der Waals surface area (Å²) in [4.78, 5) is 22.9. The quantitative estimate of drug-likeness (QED) is 0.727. The molecule has 0 aliphatic heterocycles. The van der Waals surface area contributed by atoms with Gasteiger partial charge in [-0.1, -0.05) is 30.3 Å². The molecule has 0 spiro atoms. The molecule has 0 aliphatic rings. The number of hydrogen-bond acceptors (Lipinski definition) is 3. The van der Waals surface area contributed by atoms with E-state index >= 15 is 0 Å². The zero-order chi connectivity index (χ0) is 13.4. The molecular formula is C13H18N2O3. The number of nitrogens with two attached hydrogens (primary N) is 1. The average Bonchev–Trinajstić information content (AvgIpc) is 2.35. The summed E-state index contributed by atoms with van der Waals surface area (Å²) >= 11 is 0. The van der Waals surface area contributed by atoms with Crippen molar-refractivity contribution in [1.29, 1.82) is 0 Å². The molecule has 5 heteroatoms. The molecule has 0 radical (unpaired) electrons. The first-order valence-electron chi connectivity index (χ1n) is 5.75. The summed E-state index contributed by atoms with van der Waals surface area (Å²) in [6.07, 6.45) is 0.615. The zero-order valence-corrected chi connectivity index (χ0v) is 10.4. The molecule has 5 nitrogen and oxygen atoms in total. The Morgan fingerprint density at radius 3 is 2.56 bits per heavy atom. The van der Waals surface area contributed by atoms with Crippen molar-refractivity contribution in [3.8, 4) is 0 Å². The normalized spacial score (nSPS) is 11.8. The van der Waals surface area contributed by atoms with Crippen molar-refractivity contribution in [1.82, 2.24) is 5.32 Å². The standard InChI is InChI=1S/C13H18N2O3/c1-18-8-7-11(13(14)17)15-12(16)9-10-5-3-2-4-6-10/h2-6,11H,7-9H2,1H3,(H2,14,17)(H,15,16). The monoisotopic (exact) mass is 250 g/mol. The maximum absolute atomic E-state index is 11.7. The van der Waals surface area contributed by atoms with E-state index in [1.807, 2.05) is 30.3 Å². The minimum Gasteiger partial charge on any atom is -0.385 e. The number of methoxy groups -OCH3 is 1. The van der Waals surface area contributed by atoms with Gasteiger partial charge in [0, 0.05) is 13.7 Å². The van der Waals surface area contributed by atoms with Crippen LogP contribution in [-0.2, 0) is 20.7 Å². The molecule has 2 amide bonds. The van der Waals surface area contributed by atoms with E-state index in [-0.39, 0.29) is 12.3 Å². The maximum atomic E-state index is 11.7. The molecule has 1 rings (SSSR count). The lowest BCUT2D eigenvalue weighted by molar-refractivity contribution is -0.127. The van der Waals surface area contributed by atoms with Crippen LogP contribution >= 0.6 is 0 Å². The van der Waals surface area contributed by atoms with Crippen molar-refractivity contribution in [2.75, 3.05) is 13.7 Å². The third-order valence-corrected chi connectivity index (χ3v) is 2.50. The van der Waals surface area contributed by atoms with Gasteiger partial charge < -0.3 is 15.8 Å². The Hall–Kier alpha value is -1.88. The van der Waals surface area contributed by atoms with Crippen LogP contribution < -0.4 is 11.1 Å². The Morgan fingerprint density at radius 2 is 2.00 bits per heavy atom. The lowest BCUT2D eigenvalue weighted by atomic mass is 10.1. The fourth-order valence-corrected chi connectivity index (χ4v) is 1.55. The van der Waals surface area contributed by atoms with E-state index < -0.39 is 11.9 Å². The fraction of sp³-hybridized carbons (Fsp3) is 0.385. The van der Waals surface area contributed by atoms with Gasteiger partial charge in [0.15, 0.2) is 0 Å². The van der Waals surface area contributed by atoms with Gasteiger partial charge in [-0.2, -0.15) is 0 Å². The highest BCUT2D eigenvalue weighted by Crippen LogP contribution is 2.00. The topological polar surface area (TPSA) is 81.4 Å². The summed E-state index contributed by atoms with van der Waals surface area (Å²) in [6.45, 7) is 0.374. The van der Waals surface area contributed by atoms with Gasteiger partial charge >= 0.3 is 0 Å². The first kappa shape index (κ1) is 14.2. The molecule has 0 heterocycles. The number of nitrogens with one attached hydrogen (secondary N) is 1. The SMILES string of the molecule is COCCC(NC(=O)Cc1ccccc1)C(N)=O. The van der Waals surface area contributed by atoms with Crippen LogP contribution in [0.4, 0.5) is 0 Å².